The molecule has 3 saturated heterocycles. The average Bonchev–Trinajstić information content (AvgIpc) is 3.40. The highest BCUT2D eigenvalue weighted by atomic mass is 35.5. The number of aliphatic hydroxyl groups is 1. The summed E-state index contributed by atoms with van der Waals surface area (Å²) >= 11 is 6.52. The molecule has 3 aliphatic heterocycles. The monoisotopic (exact) mass is 546 g/mol. The lowest BCUT2D eigenvalue weighted by molar-refractivity contribution is -0.162. The van der Waals surface area contributed by atoms with E-state index in [4.69, 9.17) is 21.1 Å². The van der Waals surface area contributed by atoms with Crippen molar-refractivity contribution in [3.05, 3.63) is 41.9 Å². The molecule has 1 aromatic carbocycles. The number of nitrogens with zero attached hydrogens (tertiary/aromatic N) is 2. The lowest BCUT2D eigenvalue weighted by atomic mass is 9.62. The zero-order valence-electron chi connectivity index (χ0n) is 22.9. The first-order valence-electron chi connectivity index (χ1n) is 13.5. The SMILES string of the molecule is C=CCN(C(=O)C1N([C@@H](CO)[C@@H](C)CC)C(=O)[C@@H]2[C@@H](C(=O)OCC)[C@]3(C)OC12CC3C)c1ccccc1Cl. The van der Waals surface area contributed by atoms with Crippen molar-refractivity contribution in [2.45, 2.75) is 70.7 Å². The van der Waals surface area contributed by atoms with Crippen molar-refractivity contribution in [2.24, 2.45) is 23.7 Å². The number of hydrogen-bond acceptors (Lipinski definition) is 6. The third kappa shape index (κ3) is 4.07. The molecular weight excluding hydrogens is 508 g/mol. The van der Waals surface area contributed by atoms with E-state index in [-0.39, 0.29) is 43.4 Å². The fourth-order valence-corrected chi connectivity index (χ4v) is 7.21. The number of benzene rings is 1. The molecule has 4 rings (SSSR count). The van der Waals surface area contributed by atoms with Gasteiger partial charge in [0.2, 0.25) is 5.91 Å². The second-order valence-electron chi connectivity index (χ2n) is 11.0. The van der Waals surface area contributed by atoms with Crippen molar-refractivity contribution >= 4 is 35.1 Å². The van der Waals surface area contributed by atoms with Crippen LogP contribution in [0.25, 0.3) is 0 Å². The van der Waals surface area contributed by atoms with Gasteiger partial charge in [0.05, 0.1) is 41.5 Å². The molecule has 0 aliphatic carbocycles. The number of likely N-dealkylation sites (tertiary alicyclic amines) is 1. The standard InChI is InChI=1S/C29H39ClN2O6/c1-7-14-31(20-13-11-10-12-19(20)30)26(35)24-29-15-18(5)28(6,38-29)23(27(36)37-9-3)22(29)25(34)32(24)21(16-33)17(4)8-2/h7,10-13,17-18,21-24,33H,1,8-9,14-16H2,2-6H3/t17-,18?,21-,22-,23-,24?,28+,29?/m0/s1. The van der Waals surface area contributed by atoms with Crippen molar-refractivity contribution < 1.29 is 29.0 Å². The zero-order chi connectivity index (χ0) is 28.0. The van der Waals surface area contributed by atoms with Crippen LogP contribution in [0.5, 0.6) is 0 Å². The molecule has 0 saturated carbocycles. The number of rotatable bonds is 10. The van der Waals surface area contributed by atoms with Crippen LogP contribution in [0.15, 0.2) is 36.9 Å². The molecule has 1 aromatic rings. The molecule has 3 heterocycles. The minimum atomic E-state index is -1.25. The number of aliphatic hydroxyl groups excluding tert-OH is 1. The first kappa shape index (κ1) is 28.6. The summed E-state index contributed by atoms with van der Waals surface area (Å²) in [7, 11) is 0. The molecule has 3 unspecified atom stereocenters. The molecule has 2 bridgehead atoms. The van der Waals surface area contributed by atoms with E-state index < -0.39 is 41.1 Å². The van der Waals surface area contributed by atoms with Crippen molar-refractivity contribution in [3.8, 4) is 0 Å². The van der Waals surface area contributed by atoms with Crippen molar-refractivity contribution in [2.75, 3.05) is 24.7 Å². The van der Waals surface area contributed by atoms with Gasteiger partial charge in [-0.05, 0) is 44.2 Å². The van der Waals surface area contributed by atoms with Crippen LogP contribution in [0.4, 0.5) is 5.69 Å². The fraction of sp³-hybridized carbons (Fsp3) is 0.621. The van der Waals surface area contributed by atoms with Crippen LogP contribution in [-0.2, 0) is 23.9 Å². The van der Waals surface area contributed by atoms with E-state index in [0.717, 1.165) is 0 Å². The van der Waals surface area contributed by atoms with Gasteiger partial charge in [0.25, 0.3) is 5.91 Å². The molecule has 3 aliphatic rings. The van der Waals surface area contributed by atoms with E-state index in [1.165, 1.54) is 9.80 Å². The summed E-state index contributed by atoms with van der Waals surface area (Å²) in [4.78, 5) is 45.4. The molecule has 8 atom stereocenters. The van der Waals surface area contributed by atoms with Gasteiger partial charge in [0.15, 0.2) is 0 Å². The van der Waals surface area contributed by atoms with Crippen LogP contribution >= 0.6 is 11.6 Å². The molecule has 8 nitrogen and oxygen atoms in total. The molecule has 9 heteroatoms. The van der Waals surface area contributed by atoms with Gasteiger partial charge in [-0.3, -0.25) is 14.4 Å². The van der Waals surface area contributed by atoms with Gasteiger partial charge in [-0.25, -0.2) is 0 Å². The second-order valence-corrected chi connectivity index (χ2v) is 11.4. The second kappa shape index (κ2) is 10.6. The predicted molar refractivity (Wildman–Crippen MR) is 145 cm³/mol. The van der Waals surface area contributed by atoms with Crippen molar-refractivity contribution in [1.29, 1.82) is 0 Å². The molecular formula is C29H39ClN2O6. The Kier molecular flexibility index (Phi) is 7.99. The van der Waals surface area contributed by atoms with Gasteiger partial charge < -0.3 is 24.4 Å². The van der Waals surface area contributed by atoms with E-state index in [9.17, 15) is 19.5 Å². The molecule has 3 fully saturated rings. The van der Waals surface area contributed by atoms with Gasteiger partial charge in [0.1, 0.15) is 17.6 Å². The number of hydrogen-bond donors (Lipinski definition) is 1. The molecule has 38 heavy (non-hydrogen) atoms. The van der Waals surface area contributed by atoms with Crippen molar-refractivity contribution in [3.63, 3.8) is 0 Å². The van der Waals surface area contributed by atoms with Gasteiger partial charge in [-0.15, -0.1) is 6.58 Å². The highest BCUT2D eigenvalue weighted by molar-refractivity contribution is 6.34. The fourth-order valence-electron chi connectivity index (χ4n) is 6.97. The minimum Gasteiger partial charge on any atom is -0.466 e. The average molecular weight is 547 g/mol. The van der Waals surface area contributed by atoms with E-state index in [1.54, 1.807) is 37.3 Å². The predicted octanol–water partition coefficient (Wildman–Crippen LogP) is 3.84. The lowest BCUT2D eigenvalue weighted by Gasteiger charge is -2.41. The van der Waals surface area contributed by atoms with Crippen LogP contribution in [0.1, 0.15) is 47.5 Å². The van der Waals surface area contributed by atoms with Gasteiger partial charge in [-0.1, -0.05) is 57.0 Å². The maximum atomic E-state index is 14.7. The number of halogens is 1. The zero-order valence-corrected chi connectivity index (χ0v) is 23.6. The normalized spacial score (nSPS) is 33.1. The third-order valence-electron chi connectivity index (χ3n) is 9.09. The van der Waals surface area contributed by atoms with Gasteiger partial charge in [0, 0.05) is 6.54 Å². The Morgan fingerprint density at radius 1 is 1.37 bits per heavy atom. The number of anilines is 1. The molecule has 1 N–H and O–H groups in total. The van der Waals surface area contributed by atoms with E-state index in [2.05, 4.69) is 6.58 Å². The van der Waals surface area contributed by atoms with E-state index in [1.807, 2.05) is 27.7 Å². The van der Waals surface area contributed by atoms with Gasteiger partial charge >= 0.3 is 5.97 Å². The summed E-state index contributed by atoms with van der Waals surface area (Å²) in [6.07, 6.45) is 2.71. The number of amides is 2. The Hall–Kier alpha value is -2.42. The summed E-state index contributed by atoms with van der Waals surface area (Å²) in [6, 6.07) is 5.32. The topological polar surface area (TPSA) is 96.4 Å². The number of esters is 1. The van der Waals surface area contributed by atoms with Crippen LogP contribution in [0.2, 0.25) is 5.02 Å². The number of carbonyl (C=O) groups excluding carboxylic acids is 3. The smallest absolute Gasteiger partial charge is 0.312 e. The highest BCUT2D eigenvalue weighted by Crippen LogP contribution is 2.66. The van der Waals surface area contributed by atoms with Gasteiger partial charge in [-0.2, -0.15) is 0 Å². The van der Waals surface area contributed by atoms with E-state index in [0.29, 0.717) is 23.6 Å². The summed E-state index contributed by atoms with van der Waals surface area (Å²) in [5.41, 5.74) is -1.72. The van der Waals surface area contributed by atoms with E-state index >= 15 is 0 Å². The van der Waals surface area contributed by atoms with Crippen LogP contribution in [0.3, 0.4) is 0 Å². The lowest BCUT2D eigenvalue weighted by Crippen LogP contribution is -2.60. The first-order chi connectivity index (χ1) is 18.0. The molecule has 2 amide bonds. The summed E-state index contributed by atoms with van der Waals surface area (Å²) in [5, 5.41) is 10.9. The largest absolute Gasteiger partial charge is 0.466 e. The number of ether oxygens (including phenoxy) is 2. The Morgan fingerprint density at radius 3 is 2.63 bits per heavy atom. The maximum absolute atomic E-state index is 14.7. The number of para-hydroxylation sites is 1. The number of carbonyl (C=O) groups is 3. The Morgan fingerprint density at radius 2 is 2.05 bits per heavy atom. The Bertz CT molecular complexity index is 1110. The molecule has 1 spiro atoms. The summed E-state index contributed by atoms with van der Waals surface area (Å²) in [6.45, 7) is 13.3. The molecule has 0 aromatic heterocycles. The summed E-state index contributed by atoms with van der Waals surface area (Å²) < 4.78 is 12.2. The first-order valence-corrected chi connectivity index (χ1v) is 13.9. The van der Waals surface area contributed by atoms with Crippen molar-refractivity contribution in [1.82, 2.24) is 4.90 Å². The Balaban J connectivity index is 1.91. The maximum Gasteiger partial charge on any atom is 0.312 e. The number of fused-ring (bicyclic) bond motifs is 1. The quantitative estimate of drug-likeness (QED) is 0.354. The Labute approximate surface area is 229 Å². The summed E-state index contributed by atoms with van der Waals surface area (Å²) in [5.74, 6) is -3.19. The minimum absolute atomic E-state index is 0.103. The van der Waals surface area contributed by atoms with Crippen LogP contribution < -0.4 is 4.90 Å². The molecule has 208 valence electrons. The van der Waals surface area contributed by atoms with Crippen LogP contribution in [-0.4, -0.2) is 70.8 Å². The van der Waals surface area contributed by atoms with Crippen LogP contribution in [0, 0.1) is 23.7 Å². The highest BCUT2D eigenvalue weighted by Gasteiger charge is 2.81. The third-order valence-corrected chi connectivity index (χ3v) is 9.41. The molecule has 0 radical (unpaired) electrons.